The number of rotatable bonds is 5. The Labute approximate surface area is 125 Å². The smallest absolute Gasteiger partial charge is 0.387 e. The highest BCUT2D eigenvalue weighted by atomic mass is 19.2. The normalized spacial score (nSPS) is 12.3. The summed E-state index contributed by atoms with van der Waals surface area (Å²) in [5, 5.41) is 4.65. The summed E-state index contributed by atoms with van der Waals surface area (Å²) in [6, 6.07) is 8.91. The van der Waals surface area contributed by atoms with E-state index in [0.29, 0.717) is 17.6 Å². The highest BCUT2D eigenvalue weighted by Crippen LogP contribution is 2.25. The number of benzene rings is 1. The van der Waals surface area contributed by atoms with Crippen molar-refractivity contribution in [1.82, 2.24) is 14.8 Å². The number of alkyl halides is 2. The molecule has 0 spiro atoms. The molecule has 0 saturated heterocycles. The molecule has 0 aliphatic carbocycles. The Morgan fingerprint density at radius 1 is 1.18 bits per heavy atom. The predicted molar refractivity (Wildman–Crippen MR) is 76.3 cm³/mol. The first-order chi connectivity index (χ1) is 10.7. The molecule has 0 N–H and O–H groups in total. The SMILES string of the molecule is COc1ccc(Cn2ncc3c(OC(F)[18F])ccnc32)cc1. The zero-order valence-electron chi connectivity index (χ0n) is 11.7. The molecule has 0 amide bonds. The summed E-state index contributed by atoms with van der Waals surface area (Å²) in [5.74, 6) is 0.834. The van der Waals surface area contributed by atoms with Crippen LogP contribution in [0.15, 0.2) is 42.7 Å². The third kappa shape index (κ3) is 2.83. The van der Waals surface area contributed by atoms with E-state index >= 15 is 0 Å². The molecule has 114 valence electrons. The number of hydrogen-bond acceptors (Lipinski definition) is 4. The van der Waals surface area contributed by atoms with Crippen LogP contribution in [0.3, 0.4) is 0 Å². The van der Waals surface area contributed by atoms with Gasteiger partial charge in [-0.05, 0) is 23.8 Å². The van der Waals surface area contributed by atoms with Crippen molar-refractivity contribution < 1.29 is 18.3 Å². The van der Waals surface area contributed by atoms with E-state index in [4.69, 9.17) is 4.74 Å². The molecule has 2 aromatic heterocycles. The molecule has 3 aromatic rings. The van der Waals surface area contributed by atoms with Gasteiger partial charge < -0.3 is 9.47 Å². The van der Waals surface area contributed by atoms with Gasteiger partial charge >= 0.3 is 6.61 Å². The third-order valence-corrected chi connectivity index (χ3v) is 3.21. The Morgan fingerprint density at radius 3 is 2.64 bits per heavy atom. The van der Waals surface area contributed by atoms with Crippen molar-refractivity contribution in [2.24, 2.45) is 0 Å². The monoisotopic (exact) mass is 304 g/mol. The molecule has 5 nitrogen and oxygen atoms in total. The number of aromatic nitrogens is 3. The van der Waals surface area contributed by atoms with E-state index in [1.807, 2.05) is 24.3 Å². The molecule has 0 aliphatic rings. The minimum atomic E-state index is -2.88. The zero-order chi connectivity index (χ0) is 15.5. The average Bonchev–Trinajstić information content (AvgIpc) is 2.92. The van der Waals surface area contributed by atoms with Crippen LogP contribution in [0.2, 0.25) is 0 Å². The lowest BCUT2D eigenvalue weighted by Crippen LogP contribution is -2.04. The first kappa shape index (κ1) is 14.2. The van der Waals surface area contributed by atoms with Gasteiger partial charge in [0.25, 0.3) is 0 Å². The van der Waals surface area contributed by atoms with E-state index in [9.17, 15) is 8.78 Å². The van der Waals surface area contributed by atoms with Crippen molar-refractivity contribution in [1.29, 1.82) is 0 Å². The van der Waals surface area contributed by atoms with Crippen LogP contribution in [0, 0.1) is 0 Å². The van der Waals surface area contributed by atoms with E-state index in [1.54, 1.807) is 11.8 Å². The molecule has 1 unspecified atom stereocenters. The van der Waals surface area contributed by atoms with E-state index < -0.39 is 6.61 Å². The Bertz CT molecular complexity index is 772. The molecular formula is C15H13F2N3O2. The summed E-state index contributed by atoms with van der Waals surface area (Å²) in [7, 11) is 1.60. The van der Waals surface area contributed by atoms with Crippen molar-refractivity contribution in [2.45, 2.75) is 13.2 Å². The number of ether oxygens (including phenoxy) is 2. The quantitative estimate of drug-likeness (QED) is 0.727. The summed E-state index contributed by atoms with van der Waals surface area (Å²) < 4.78 is 36.0. The number of methoxy groups -OCH3 is 1. The van der Waals surface area contributed by atoms with Crippen molar-refractivity contribution in [3.63, 3.8) is 0 Å². The minimum absolute atomic E-state index is 0.0704. The van der Waals surface area contributed by atoms with Crippen LogP contribution in [0.4, 0.5) is 8.78 Å². The van der Waals surface area contributed by atoms with Gasteiger partial charge in [-0.2, -0.15) is 13.9 Å². The number of nitrogens with zero attached hydrogens (tertiary/aromatic N) is 3. The minimum Gasteiger partial charge on any atom is -0.497 e. The lowest BCUT2D eigenvalue weighted by atomic mass is 10.2. The largest absolute Gasteiger partial charge is 0.497 e. The number of pyridine rings is 1. The summed E-state index contributed by atoms with van der Waals surface area (Å²) in [6.45, 7) is -2.41. The van der Waals surface area contributed by atoms with Gasteiger partial charge in [-0.1, -0.05) is 12.1 Å². The highest BCUT2D eigenvalue weighted by molar-refractivity contribution is 5.81. The van der Waals surface area contributed by atoms with Crippen molar-refractivity contribution in [3.05, 3.63) is 48.3 Å². The zero-order valence-corrected chi connectivity index (χ0v) is 11.7. The van der Waals surface area contributed by atoms with Crippen LogP contribution in [-0.2, 0) is 6.54 Å². The number of halogens is 2. The Morgan fingerprint density at radius 2 is 1.95 bits per heavy atom. The highest BCUT2D eigenvalue weighted by Gasteiger charge is 2.13. The van der Waals surface area contributed by atoms with Crippen LogP contribution < -0.4 is 9.47 Å². The van der Waals surface area contributed by atoms with E-state index in [0.717, 1.165) is 11.3 Å². The van der Waals surface area contributed by atoms with Gasteiger partial charge in [0, 0.05) is 6.20 Å². The maximum atomic E-state index is 12.4. The molecule has 1 atom stereocenters. The van der Waals surface area contributed by atoms with Crippen LogP contribution in [-0.4, -0.2) is 28.5 Å². The van der Waals surface area contributed by atoms with Gasteiger partial charge in [0.15, 0.2) is 5.65 Å². The van der Waals surface area contributed by atoms with Gasteiger partial charge in [-0.3, -0.25) is 0 Å². The fraction of sp³-hybridized carbons (Fsp3) is 0.200. The van der Waals surface area contributed by atoms with Crippen molar-refractivity contribution >= 4 is 11.0 Å². The summed E-state index contributed by atoms with van der Waals surface area (Å²) in [5.41, 5.74) is 1.49. The first-order valence-electron chi connectivity index (χ1n) is 6.55. The van der Waals surface area contributed by atoms with E-state index in [-0.39, 0.29) is 5.75 Å². The predicted octanol–water partition coefficient (Wildman–Crippen LogP) is 3.09. The third-order valence-electron chi connectivity index (χ3n) is 3.21. The Hall–Kier alpha value is -2.70. The second-order valence-corrected chi connectivity index (χ2v) is 4.58. The van der Waals surface area contributed by atoms with E-state index in [2.05, 4.69) is 14.8 Å². The van der Waals surface area contributed by atoms with E-state index in [1.165, 1.54) is 18.5 Å². The number of fused-ring (bicyclic) bond motifs is 1. The summed E-state index contributed by atoms with van der Waals surface area (Å²) in [6.07, 6.45) is 2.90. The van der Waals surface area contributed by atoms with Crippen LogP contribution in [0.1, 0.15) is 5.56 Å². The lowest BCUT2D eigenvalue weighted by molar-refractivity contribution is -0.0488. The number of hydrogen-bond donors (Lipinski definition) is 0. The molecule has 0 radical (unpaired) electrons. The Balaban J connectivity index is 1.91. The van der Waals surface area contributed by atoms with Crippen LogP contribution in [0.5, 0.6) is 11.5 Å². The molecule has 0 bridgehead atoms. The van der Waals surface area contributed by atoms with Crippen LogP contribution in [0.25, 0.3) is 11.0 Å². The molecule has 0 aliphatic heterocycles. The molecule has 2 heterocycles. The average molecular weight is 304 g/mol. The maximum absolute atomic E-state index is 12.4. The molecular weight excluding hydrogens is 291 g/mol. The molecule has 0 fully saturated rings. The fourth-order valence-corrected chi connectivity index (χ4v) is 2.17. The first-order valence-corrected chi connectivity index (χ1v) is 6.55. The molecule has 7 heteroatoms. The molecule has 0 saturated carbocycles. The molecule has 22 heavy (non-hydrogen) atoms. The second-order valence-electron chi connectivity index (χ2n) is 4.58. The summed E-state index contributed by atoms with van der Waals surface area (Å²) >= 11 is 0. The topological polar surface area (TPSA) is 49.2 Å². The summed E-state index contributed by atoms with van der Waals surface area (Å²) in [4.78, 5) is 4.19. The Kier molecular flexibility index (Phi) is 3.86. The molecule has 1 aromatic carbocycles. The maximum Gasteiger partial charge on any atom is 0.387 e. The van der Waals surface area contributed by atoms with Crippen molar-refractivity contribution in [3.8, 4) is 11.5 Å². The van der Waals surface area contributed by atoms with Crippen LogP contribution >= 0.6 is 0 Å². The lowest BCUT2D eigenvalue weighted by Gasteiger charge is -2.07. The second kappa shape index (κ2) is 5.97. The fourth-order valence-electron chi connectivity index (χ4n) is 2.17. The van der Waals surface area contributed by atoms with Gasteiger partial charge in [-0.15, -0.1) is 0 Å². The van der Waals surface area contributed by atoms with Gasteiger partial charge in [0.05, 0.1) is 25.2 Å². The van der Waals surface area contributed by atoms with Gasteiger partial charge in [-0.25, -0.2) is 9.67 Å². The van der Waals surface area contributed by atoms with Gasteiger partial charge in [0.1, 0.15) is 11.5 Å². The molecule has 3 rings (SSSR count). The van der Waals surface area contributed by atoms with Crippen molar-refractivity contribution in [2.75, 3.05) is 7.11 Å². The van der Waals surface area contributed by atoms with Gasteiger partial charge in [0.2, 0.25) is 0 Å². The standard InChI is InChI=1S/C15H13F2N3O2/c1-21-11-4-2-10(3-5-11)9-20-14-12(8-19-20)13(6-7-18-14)22-15(16)17/h2-8,15H,9H2,1H3/i16-1.